The van der Waals surface area contributed by atoms with Gasteiger partial charge in [-0.15, -0.1) is 0 Å². The normalized spacial score (nSPS) is 15.2. The van der Waals surface area contributed by atoms with Gasteiger partial charge in [0.25, 0.3) is 5.91 Å². The van der Waals surface area contributed by atoms with E-state index in [0.29, 0.717) is 10.6 Å². The average molecular weight is 389 g/mol. The molecule has 0 aromatic heterocycles. The van der Waals surface area contributed by atoms with Crippen molar-refractivity contribution in [1.29, 1.82) is 0 Å². The van der Waals surface area contributed by atoms with Crippen LogP contribution in [0.15, 0.2) is 42.1 Å². The van der Waals surface area contributed by atoms with E-state index in [1.807, 2.05) is 0 Å². The van der Waals surface area contributed by atoms with E-state index < -0.39 is 11.9 Å². The topological polar surface area (TPSA) is 88.1 Å². The second-order valence-corrected chi connectivity index (χ2v) is 6.22. The van der Waals surface area contributed by atoms with Gasteiger partial charge in [0.05, 0.1) is 20.8 Å². The third-order valence-electron chi connectivity index (χ3n) is 4.03. The lowest BCUT2D eigenvalue weighted by Gasteiger charge is -2.12. The van der Waals surface area contributed by atoms with Gasteiger partial charge in [-0.2, -0.15) is 0 Å². The molecule has 1 aliphatic heterocycles. The molecule has 0 aliphatic carbocycles. The fraction of sp³-hybridized carbons (Fsp3) is 0.158. The van der Waals surface area contributed by atoms with E-state index >= 15 is 0 Å². The summed E-state index contributed by atoms with van der Waals surface area (Å²) < 4.78 is 10.2. The van der Waals surface area contributed by atoms with Gasteiger partial charge in [-0.3, -0.25) is 9.69 Å². The summed E-state index contributed by atoms with van der Waals surface area (Å²) >= 11 is 5.85. The molecule has 2 aromatic carbocycles. The number of phenols is 1. The van der Waals surface area contributed by atoms with Crippen LogP contribution < -0.4 is 14.8 Å². The number of hydrogen-bond donors (Lipinski definition) is 2. The number of hydrogen-bond acceptors (Lipinski definition) is 5. The molecular weight excluding hydrogens is 372 g/mol. The first-order valence-electron chi connectivity index (χ1n) is 7.97. The zero-order valence-corrected chi connectivity index (χ0v) is 15.4. The van der Waals surface area contributed by atoms with Gasteiger partial charge in [0.2, 0.25) is 5.75 Å². The number of nitrogens with one attached hydrogen (secondary N) is 1. The van der Waals surface area contributed by atoms with E-state index in [1.165, 1.54) is 32.4 Å². The predicted octanol–water partition coefficient (Wildman–Crippen LogP) is 3.16. The van der Waals surface area contributed by atoms with Crippen LogP contribution >= 0.6 is 11.6 Å². The molecule has 1 saturated heterocycles. The number of imide groups is 1. The van der Waals surface area contributed by atoms with E-state index in [1.54, 1.807) is 24.3 Å². The lowest BCUT2D eigenvalue weighted by molar-refractivity contribution is -0.123. The van der Waals surface area contributed by atoms with Crippen LogP contribution in [0.2, 0.25) is 5.02 Å². The number of methoxy groups -OCH3 is 2. The van der Waals surface area contributed by atoms with Crippen molar-refractivity contribution >= 4 is 29.6 Å². The number of rotatable bonds is 5. The lowest BCUT2D eigenvalue weighted by Crippen LogP contribution is -2.30. The number of carbonyl (C=O) groups excluding carboxylic acids is 2. The molecule has 0 bridgehead atoms. The van der Waals surface area contributed by atoms with E-state index in [9.17, 15) is 14.7 Å². The monoisotopic (exact) mass is 388 g/mol. The maximum atomic E-state index is 12.6. The predicted molar refractivity (Wildman–Crippen MR) is 99.7 cm³/mol. The Kier molecular flexibility index (Phi) is 5.23. The summed E-state index contributed by atoms with van der Waals surface area (Å²) in [7, 11) is 2.81. The van der Waals surface area contributed by atoms with Crippen molar-refractivity contribution in [1.82, 2.24) is 10.2 Å². The summed E-state index contributed by atoms with van der Waals surface area (Å²) in [6.45, 7) is 0.126. The fourth-order valence-corrected chi connectivity index (χ4v) is 2.78. The van der Waals surface area contributed by atoms with Crippen molar-refractivity contribution in [2.45, 2.75) is 6.54 Å². The summed E-state index contributed by atoms with van der Waals surface area (Å²) in [5.41, 5.74) is 1.42. The zero-order valence-electron chi connectivity index (χ0n) is 14.7. The molecular formula is C19H17ClN2O5. The molecule has 0 spiro atoms. The van der Waals surface area contributed by atoms with Crippen molar-refractivity contribution in [3.63, 3.8) is 0 Å². The maximum absolute atomic E-state index is 12.6. The number of nitrogens with zero attached hydrogens (tertiary/aromatic N) is 1. The Bertz CT molecular complexity index is 899. The van der Waals surface area contributed by atoms with Crippen LogP contribution in [0.4, 0.5) is 4.79 Å². The minimum atomic E-state index is -0.515. The number of benzene rings is 2. The quantitative estimate of drug-likeness (QED) is 0.606. The molecule has 8 heteroatoms. The molecule has 1 aliphatic rings. The number of carbonyl (C=O) groups is 2. The van der Waals surface area contributed by atoms with Crippen LogP contribution in [-0.4, -0.2) is 36.2 Å². The van der Waals surface area contributed by atoms with Crippen molar-refractivity contribution in [3.8, 4) is 17.2 Å². The Morgan fingerprint density at radius 3 is 2.26 bits per heavy atom. The Morgan fingerprint density at radius 2 is 1.70 bits per heavy atom. The highest BCUT2D eigenvalue weighted by atomic mass is 35.5. The minimum absolute atomic E-state index is 0.115. The largest absolute Gasteiger partial charge is 0.502 e. The van der Waals surface area contributed by atoms with Crippen molar-refractivity contribution in [3.05, 3.63) is 58.2 Å². The first kappa shape index (κ1) is 18.6. The number of urea groups is 1. The molecule has 2 N–H and O–H groups in total. The van der Waals surface area contributed by atoms with Crippen molar-refractivity contribution in [2.75, 3.05) is 14.2 Å². The van der Waals surface area contributed by atoms with Gasteiger partial charge in [0.1, 0.15) is 5.70 Å². The van der Waals surface area contributed by atoms with Gasteiger partial charge in [-0.25, -0.2) is 4.79 Å². The Morgan fingerprint density at radius 1 is 1.11 bits per heavy atom. The van der Waals surface area contributed by atoms with Gasteiger partial charge >= 0.3 is 6.03 Å². The molecule has 3 rings (SSSR count). The average Bonchev–Trinajstić information content (AvgIpc) is 2.92. The van der Waals surface area contributed by atoms with Crippen LogP contribution in [0.25, 0.3) is 6.08 Å². The van der Waals surface area contributed by atoms with Gasteiger partial charge in [-0.05, 0) is 41.5 Å². The first-order valence-corrected chi connectivity index (χ1v) is 8.34. The summed E-state index contributed by atoms with van der Waals surface area (Å²) in [6, 6.07) is 9.44. The van der Waals surface area contributed by atoms with Crippen LogP contribution in [0.3, 0.4) is 0 Å². The summed E-state index contributed by atoms with van der Waals surface area (Å²) in [4.78, 5) is 25.9. The molecule has 1 heterocycles. The number of ether oxygens (including phenoxy) is 2. The molecule has 140 valence electrons. The summed E-state index contributed by atoms with van der Waals surface area (Å²) in [5.74, 6) is -0.221. The molecule has 0 unspecified atom stereocenters. The van der Waals surface area contributed by atoms with E-state index in [4.69, 9.17) is 21.1 Å². The molecule has 3 amide bonds. The van der Waals surface area contributed by atoms with Crippen LogP contribution in [0, 0.1) is 0 Å². The fourth-order valence-electron chi connectivity index (χ4n) is 2.65. The Labute approximate surface area is 160 Å². The number of phenolic OH excluding ortho intramolecular Hbond substituents is 1. The smallest absolute Gasteiger partial charge is 0.329 e. The highest BCUT2D eigenvalue weighted by molar-refractivity contribution is 6.30. The Balaban J connectivity index is 1.87. The third-order valence-corrected chi connectivity index (χ3v) is 4.28. The van der Waals surface area contributed by atoms with Crippen LogP contribution in [0.1, 0.15) is 11.1 Å². The van der Waals surface area contributed by atoms with Gasteiger partial charge in [0, 0.05) is 5.02 Å². The lowest BCUT2D eigenvalue weighted by atomic mass is 10.1. The molecule has 2 aromatic rings. The Hall–Kier alpha value is -3.19. The van der Waals surface area contributed by atoms with E-state index in [2.05, 4.69) is 5.32 Å². The second-order valence-electron chi connectivity index (χ2n) is 5.78. The number of halogens is 1. The molecule has 0 atom stereocenters. The highest BCUT2D eigenvalue weighted by Crippen LogP contribution is 2.37. The van der Waals surface area contributed by atoms with Gasteiger partial charge in [-0.1, -0.05) is 23.7 Å². The van der Waals surface area contributed by atoms with E-state index in [0.717, 1.165) is 10.5 Å². The van der Waals surface area contributed by atoms with Gasteiger partial charge in [0.15, 0.2) is 11.5 Å². The minimum Gasteiger partial charge on any atom is -0.502 e. The second kappa shape index (κ2) is 7.59. The maximum Gasteiger partial charge on any atom is 0.329 e. The zero-order chi connectivity index (χ0) is 19.6. The van der Waals surface area contributed by atoms with Crippen LogP contribution in [-0.2, 0) is 11.3 Å². The summed E-state index contributed by atoms with van der Waals surface area (Å²) in [6.07, 6.45) is 1.49. The molecule has 1 fully saturated rings. The summed E-state index contributed by atoms with van der Waals surface area (Å²) in [5, 5.41) is 13.1. The molecule has 7 nitrogen and oxygen atoms in total. The highest BCUT2D eigenvalue weighted by Gasteiger charge is 2.33. The van der Waals surface area contributed by atoms with Crippen LogP contribution in [0.5, 0.6) is 17.2 Å². The number of aromatic hydroxyl groups is 1. The van der Waals surface area contributed by atoms with Crippen molar-refractivity contribution in [2.24, 2.45) is 0 Å². The molecule has 27 heavy (non-hydrogen) atoms. The van der Waals surface area contributed by atoms with E-state index in [-0.39, 0.29) is 29.5 Å². The first-order chi connectivity index (χ1) is 12.9. The molecule has 0 radical (unpaired) electrons. The van der Waals surface area contributed by atoms with Gasteiger partial charge < -0.3 is 19.9 Å². The SMILES string of the molecule is COc1cc(C=C2NC(=O)N(Cc3ccc(Cl)cc3)C2=O)cc(OC)c1O. The standard InChI is InChI=1S/C19H17ClN2O5/c1-26-15-8-12(9-16(27-2)17(15)23)7-14-18(24)22(19(25)21-14)10-11-3-5-13(20)6-4-11/h3-9,23H,10H2,1-2H3,(H,21,25). The third kappa shape index (κ3) is 3.83. The molecule has 0 saturated carbocycles. The number of amides is 3. The van der Waals surface area contributed by atoms with Crippen molar-refractivity contribution < 1.29 is 24.2 Å².